The number of carbonyl (C=O) groups excluding carboxylic acids is 1. The molecule has 4 nitrogen and oxygen atoms in total. The van der Waals surface area contributed by atoms with Crippen molar-refractivity contribution in [1.82, 2.24) is 9.97 Å². The number of hydrogen-bond donors (Lipinski definition) is 1. The fourth-order valence-corrected chi connectivity index (χ4v) is 3.88. The Morgan fingerprint density at radius 1 is 1.26 bits per heavy atom. The summed E-state index contributed by atoms with van der Waals surface area (Å²) in [6, 6.07) is 8.05. The van der Waals surface area contributed by atoms with Gasteiger partial charge in [0, 0.05) is 11.1 Å². The number of thioether (sulfide) groups is 1. The predicted molar refractivity (Wildman–Crippen MR) is 97.3 cm³/mol. The molecule has 6 heteroatoms. The maximum absolute atomic E-state index is 12.5. The Labute approximate surface area is 143 Å². The zero-order valence-corrected chi connectivity index (χ0v) is 14.8. The van der Waals surface area contributed by atoms with Crippen LogP contribution in [0.1, 0.15) is 18.1 Å². The predicted octanol–water partition coefficient (Wildman–Crippen LogP) is 4.43. The fourth-order valence-electron chi connectivity index (χ4n) is 2.19. The van der Waals surface area contributed by atoms with Crippen molar-refractivity contribution in [3.63, 3.8) is 0 Å². The molecule has 1 aromatic carbocycles. The number of aromatic nitrogens is 2. The number of nitrogens with zero attached hydrogens (tertiary/aromatic N) is 2. The van der Waals surface area contributed by atoms with Crippen molar-refractivity contribution in [2.45, 2.75) is 31.0 Å². The molecule has 3 rings (SSSR count). The number of fused-ring (bicyclic) bond motifs is 1. The van der Waals surface area contributed by atoms with Crippen molar-refractivity contribution < 1.29 is 4.79 Å². The molecule has 3 aromatic rings. The highest BCUT2D eigenvalue weighted by molar-refractivity contribution is 8.00. The molecule has 23 heavy (non-hydrogen) atoms. The first-order chi connectivity index (χ1) is 11.0. The molecule has 1 atom stereocenters. The molecular formula is C17H17N3OS2. The zero-order chi connectivity index (χ0) is 16.4. The molecule has 0 aliphatic carbocycles. The average molecular weight is 343 g/mol. The Bertz CT molecular complexity index is 860. The summed E-state index contributed by atoms with van der Waals surface area (Å²) < 4.78 is 0. The average Bonchev–Trinajstić information content (AvgIpc) is 3.00. The monoisotopic (exact) mass is 343 g/mol. The lowest BCUT2D eigenvalue weighted by atomic mass is 10.1. The van der Waals surface area contributed by atoms with Crippen LogP contribution in [-0.2, 0) is 4.79 Å². The van der Waals surface area contributed by atoms with Gasteiger partial charge in [-0.2, -0.15) is 0 Å². The van der Waals surface area contributed by atoms with E-state index < -0.39 is 0 Å². The van der Waals surface area contributed by atoms with Crippen LogP contribution in [0.25, 0.3) is 10.2 Å². The summed E-state index contributed by atoms with van der Waals surface area (Å²) in [7, 11) is 0. The second-order valence-corrected chi connectivity index (χ2v) is 7.61. The summed E-state index contributed by atoms with van der Waals surface area (Å²) in [6.07, 6.45) is 1.55. The third-order valence-corrected chi connectivity index (χ3v) is 5.47. The number of benzene rings is 1. The van der Waals surface area contributed by atoms with Crippen LogP contribution in [0.15, 0.2) is 41.0 Å². The molecule has 2 heterocycles. The van der Waals surface area contributed by atoms with Crippen LogP contribution in [-0.4, -0.2) is 21.1 Å². The van der Waals surface area contributed by atoms with Crippen molar-refractivity contribution in [3.8, 4) is 0 Å². The SMILES string of the molecule is Cc1ccc(C)c(NC(=O)[C@@H](C)Sc2ncnc3sccc23)c1. The second kappa shape index (κ2) is 6.68. The van der Waals surface area contributed by atoms with Crippen molar-refractivity contribution in [2.75, 3.05) is 5.32 Å². The van der Waals surface area contributed by atoms with Crippen molar-refractivity contribution in [3.05, 3.63) is 47.1 Å². The van der Waals surface area contributed by atoms with Crippen molar-refractivity contribution in [1.29, 1.82) is 0 Å². The molecular weight excluding hydrogens is 326 g/mol. The Morgan fingerprint density at radius 3 is 2.91 bits per heavy atom. The van der Waals surface area contributed by atoms with Gasteiger partial charge in [-0.1, -0.05) is 23.9 Å². The second-order valence-electron chi connectivity index (χ2n) is 5.39. The van der Waals surface area contributed by atoms with E-state index >= 15 is 0 Å². The van der Waals surface area contributed by atoms with Gasteiger partial charge in [-0.15, -0.1) is 11.3 Å². The van der Waals surface area contributed by atoms with Crippen LogP contribution >= 0.6 is 23.1 Å². The molecule has 1 N–H and O–H groups in total. The van der Waals surface area contributed by atoms with Gasteiger partial charge in [0.15, 0.2) is 0 Å². The molecule has 2 aromatic heterocycles. The van der Waals surface area contributed by atoms with E-state index in [9.17, 15) is 4.79 Å². The van der Waals surface area contributed by atoms with E-state index in [0.717, 1.165) is 32.1 Å². The lowest BCUT2D eigenvalue weighted by molar-refractivity contribution is -0.115. The minimum absolute atomic E-state index is 0.0225. The van der Waals surface area contributed by atoms with E-state index in [-0.39, 0.29) is 11.2 Å². The van der Waals surface area contributed by atoms with E-state index in [1.165, 1.54) is 11.8 Å². The molecule has 0 unspecified atom stereocenters. The lowest BCUT2D eigenvalue weighted by Gasteiger charge is -2.14. The maximum Gasteiger partial charge on any atom is 0.237 e. The standard InChI is InChI=1S/C17H17N3OS2/c1-10-4-5-11(2)14(8-10)20-15(21)12(3)23-17-13-6-7-22-16(13)18-9-19-17/h4-9,12H,1-3H3,(H,20,21)/t12-/m1/s1. The highest BCUT2D eigenvalue weighted by atomic mass is 32.2. The molecule has 0 bridgehead atoms. The largest absolute Gasteiger partial charge is 0.325 e. The molecule has 0 fully saturated rings. The Morgan fingerprint density at radius 2 is 2.09 bits per heavy atom. The first-order valence-corrected chi connectivity index (χ1v) is 9.03. The van der Waals surface area contributed by atoms with E-state index in [4.69, 9.17) is 0 Å². The van der Waals surface area contributed by atoms with Crippen LogP contribution in [0.2, 0.25) is 0 Å². The minimum Gasteiger partial charge on any atom is -0.325 e. The van der Waals surface area contributed by atoms with Crippen LogP contribution in [0.4, 0.5) is 5.69 Å². The van der Waals surface area contributed by atoms with Crippen molar-refractivity contribution in [2.24, 2.45) is 0 Å². The number of amides is 1. The van der Waals surface area contributed by atoms with Crippen LogP contribution in [0, 0.1) is 13.8 Å². The lowest BCUT2D eigenvalue weighted by Crippen LogP contribution is -2.23. The van der Waals surface area contributed by atoms with Gasteiger partial charge in [-0.25, -0.2) is 9.97 Å². The highest BCUT2D eigenvalue weighted by Gasteiger charge is 2.18. The van der Waals surface area contributed by atoms with Gasteiger partial charge in [0.25, 0.3) is 0 Å². The first kappa shape index (κ1) is 16.0. The van der Waals surface area contributed by atoms with Gasteiger partial charge >= 0.3 is 0 Å². The topological polar surface area (TPSA) is 54.9 Å². The quantitative estimate of drug-likeness (QED) is 0.562. The summed E-state index contributed by atoms with van der Waals surface area (Å²) in [5, 5.41) is 6.62. The van der Waals surface area contributed by atoms with Gasteiger partial charge in [-0.3, -0.25) is 4.79 Å². The molecule has 0 saturated carbocycles. The smallest absolute Gasteiger partial charge is 0.237 e. The van der Waals surface area contributed by atoms with Crippen LogP contribution in [0.3, 0.4) is 0 Å². The number of anilines is 1. The van der Waals surface area contributed by atoms with Gasteiger partial charge in [0.1, 0.15) is 16.2 Å². The summed E-state index contributed by atoms with van der Waals surface area (Å²) >= 11 is 3.04. The minimum atomic E-state index is -0.243. The molecule has 1 amide bonds. The van der Waals surface area contributed by atoms with Gasteiger partial charge < -0.3 is 5.32 Å². The number of carbonyl (C=O) groups is 1. The first-order valence-electron chi connectivity index (χ1n) is 7.27. The normalized spacial score (nSPS) is 12.3. The van der Waals surface area contributed by atoms with E-state index in [1.807, 2.05) is 50.4 Å². The summed E-state index contributed by atoms with van der Waals surface area (Å²) in [5.74, 6) is -0.0225. The summed E-state index contributed by atoms with van der Waals surface area (Å²) in [5.41, 5.74) is 3.05. The molecule has 118 valence electrons. The Balaban J connectivity index is 1.75. The zero-order valence-electron chi connectivity index (χ0n) is 13.2. The van der Waals surface area contributed by atoms with Gasteiger partial charge in [-0.05, 0) is 49.4 Å². The van der Waals surface area contributed by atoms with Crippen molar-refractivity contribution >= 4 is 44.9 Å². The molecule has 0 aliphatic heterocycles. The number of hydrogen-bond acceptors (Lipinski definition) is 5. The Kier molecular flexibility index (Phi) is 4.63. The summed E-state index contributed by atoms with van der Waals surface area (Å²) in [4.78, 5) is 22.0. The number of thiophene rings is 1. The highest BCUT2D eigenvalue weighted by Crippen LogP contribution is 2.31. The van der Waals surface area contributed by atoms with E-state index in [1.54, 1.807) is 17.7 Å². The van der Waals surface area contributed by atoms with Crippen LogP contribution in [0.5, 0.6) is 0 Å². The number of nitrogens with one attached hydrogen (secondary N) is 1. The number of rotatable bonds is 4. The third kappa shape index (κ3) is 3.54. The maximum atomic E-state index is 12.5. The molecule has 0 radical (unpaired) electrons. The Hall–Kier alpha value is -1.92. The molecule has 0 saturated heterocycles. The van der Waals surface area contributed by atoms with E-state index in [0.29, 0.717) is 0 Å². The van der Waals surface area contributed by atoms with Gasteiger partial charge in [0.05, 0.1) is 5.25 Å². The number of aryl methyl sites for hydroxylation is 2. The van der Waals surface area contributed by atoms with Gasteiger partial charge in [0.2, 0.25) is 5.91 Å². The molecule has 0 spiro atoms. The van der Waals surface area contributed by atoms with E-state index in [2.05, 4.69) is 15.3 Å². The molecule has 0 aliphatic rings. The third-order valence-electron chi connectivity index (χ3n) is 3.53. The fraction of sp³-hybridized carbons (Fsp3) is 0.235. The van der Waals surface area contributed by atoms with Crippen LogP contribution < -0.4 is 5.32 Å². The summed E-state index contributed by atoms with van der Waals surface area (Å²) in [6.45, 7) is 5.90.